The van der Waals surface area contributed by atoms with Crippen LogP contribution in [-0.2, 0) is 31.4 Å². The summed E-state index contributed by atoms with van der Waals surface area (Å²) in [5, 5.41) is 15.3. The molecule has 42 heavy (non-hydrogen) atoms. The minimum Gasteiger partial charge on any atom is -0.388 e. The van der Waals surface area contributed by atoms with Crippen LogP contribution in [0, 0.1) is 0 Å². The number of piperidine rings is 1. The highest BCUT2D eigenvalue weighted by Gasteiger charge is 2.32. The molecule has 9 nitrogen and oxygen atoms in total. The summed E-state index contributed by atoms with van der Waals surface area (Å²) in [5.74, 6) is 0. The van der Waals surface area contributed by atoms with Gasteiger partial charge in [-0.15, -0.1) is 0 Å². The highest BCUT2D eigenvalue weighted by Crippen LogP contribution is 2.27. The summed E-state index contributed by atoms with van der Waals surface area (Å²) in [5.41, 5.74) is 8.52. The van der Waals surface area contributed by atoms with Crippen LogP contribution in [-0.4, -0.2) is 67.5 Å². The van der Waals surface area contributed by atoms with Crippen LogP contribution in [0.2, 0.25) is 0 Å². The highest BCUT2D eigenvalue weighted by molar-refractivity contribution is 5.89. The van der Waals surface area contributed by atoms with Crippen LogP contribution in [0.1, 0.15) is 30.9 Å². The molecule has 12 heteroatoms. The van der Waals surface area contributed by atoms with Gasteiger partial charge in [0.05, 0.1) is 30.6 Å². The number of benzene rings is 2. The summed E-state index contributed by atoms with van der Waals surface area (Å²) in [4.78, 5) is 28.5. The molecule has 1 saturated heterocycles. The number of hydrogen-bond donors (Lipinski definition) is 2. The maximum absolute atomic E-state index is 13.0. The summed E-state index contributed by atoms with van der Waals surface area (Å²) in [6.45, 7) is 3.79. The number of nitrogens with two attached hydrogens (primary N) is 1. The lowest BCUT2D eigenvalue weighted by Gasteiger charge is -2.36. The van der Waals surface area contributed by atoms with Gasteiger partial charge in [0.15, 0.2) is 5.52 Å². The fraction of sp³-hybridized carbons (Fsp3) is 0.400. The van der Waals surface area contributed by atoms with Gasteiger partial charge in [-0.1, -0.05) is 54.6 Å². The molecule has 0 spiro atoms. The molecule has 3 heterocycles. The largest absolute Gasteiger partial charge is 0.393 e. The van der Waals surface area contributed by atoms with E-state index in [1.807, 2.05) is 38.4 Å². The van der Waals surface area contributed by atoms with Gasteiger partial charge in [-0.25, -0.2) is 4.98 Å². The number of fused-ring (bicyclic) bond motifs is 1. The van der Waals surface area contributed by atoms with Crippen LogP contribution in [0.15, 0.2) is 65.7 Å². The third-order valence-electron chi connectivity index (χ3n) is 6.90. The third kappa shape index (κ3) is 8.81. The van der Waals surface area contributed by atoms with E-state index in [1.54, 1.807) is 22.9 Å². The number of rotatable bonds is 5. The molecular weight excluding hydrogens is 549 g/mol. The van der Waals surface area contributed by atoms with E-state index in [9.17, 15) is 23.1 Å². The van der Waals surface area contributed by atoms with Gasteiger partial charge in [-0.3, -0.25) is 14.0 Å². The fourth-order valence-corrected chi connectivity index (χ4v) is 4.67. The molecule has 5 rings (SSSR count). The zero-order chi connectivity index (χ0) is 30.9. The Morgan fingerprint density at radius 1 is 1.00 bits per heavy atom. The van der Waals surface area contributed by atoms with E-state index in [4.69, 9.17) is 10.5 Å². The second-order valence-electron chi connectivity index (χ2n) is 10.3. The van der Waals surface area contributed by atoms with Crippen molar-refractivity contribution >= 4 is 17.3 Å². The smallest absolute Gasteiger partial charge is 0.388 e. The first-order valence-electron chi connectivity index (χ1n) is 13.5. The SMILES string of the molecule is CC=O.CN1CCC(O)(Cn2cnc3c(-c4ccc(CN)cc4)n(C)nc3c2=O)CC1.FC(F)(F)Cc1ccccc1. The zero-order valence-corrected chi connectivity index (χ0v) is 24.0. The third-order valence-corrected chi connectivity index (χ3v) is 6.90. The van der Waals surface area contributed by atoms with Crippen molar-refractivity contribution in [3.05, 3.63) is 82.4 Å². The molecule has 2 aromatic carbocycles. The maximum Gasteiger partial charge on any atom is 0.393 e. The average Bonchev–Trinajstić information content (AvgIpc) is 3.29. The lowest BCUT2D eigenvalue weighted by Crippen LogP contribution is -2.47. The second-order valence-corrected chi connectivity index (χ2v) is 10.3. The number of aryl methyl sites for hydroxylation is 1. The van der Waals surface area contributed by atoms with Crippen LogP contribution < -0.4 is 11.3 Å². The molecule has 0 bridgehead atoms. The molecular formula is C30H37F3N6O3. The van der Waals surface area contributed by atoms with Gasteiger partial charge in [-0.05, 0) is 37.9 Å². The zero-order valence-electron chi connectivity index (χ0n) is 24.0. The second kappa shape index (κ2) is 14.3. The predicted molar refractivity (Wildman–Crippen MR) is 156 cm³/mol. The summed E-state index contributed by atoms with van der Waals surface area (Å²) in [7, 11) is 3.84. The van der Waals surface area contributed by atoms with Gasteiger partial charge in [0.2, 0.25) is 0 Å². The quantitative estimate of drug-likeness (QED) is 0.342. The lowest BCUT2D eigenvalue weighted by atomic mass is 9.91. The van der Waals surface area contributed by atoms with Gasteiger partial charge in [-0.2, -0.15) is 18.3 Å². The Bertz CT molecular complexity index is 1490. The van der Waals surface area contributed by atoms with Crippen LogP contribution in [0.25, 0.3) is 22.3 Å². The van der Waals surface area contributed by atoms with Crippen LogP contribution in [0.3, 0.4) is 0 Å². The molecule has 4 aromatic rings. The monoisotopic (exact) mass is 586 g/mol. The van der Waals surface area contributed by atoms with E-state index in [0.29, 0.717) is 36.0 Å². The number of hydrogen-bond acceptors (Lipinski definition) is 7. The Kier molecular flexibility index (Phi) is 11.1. The Labute approximate surface area is 242 Å². The normalized spacial score (nSPS) is 14.9. The van der Waals surface area contributed by atoms with Crippen molar-refractivity contribution in [2.24, 2.45) is 12.8 Å². The molecule has 226 valence electrons. The molecule has 1 fully saturated rings. The predicted octanol–water partition coefficient (Wildman–Crippen LogP) is 3.71. The van der Waals surface area contributed by atoms with E-state index >= 15 is 0 Å². The van der Waals surface area contributed by atoms with E-state index < -0.39 is 18.2 Å². The number of halogens is 3. The number of alkyl halides is 3. The van der Waals surface area contributed by atoms with Crippen LogP contribution in [0.5, 0.6) is 0 Å². The minimum absolute atomic E-state index is 0.224. The number of nitrogens with zero attached hydrogens (tertiary/aromatic N) is 5. The molecule has 0 unspecified atom stereocenters. The van der Waals surface area contributed by atoms with E-state index in [-0.39, 0.29) is 12.1 Å². The first-order valence-corrected chi connectivity index (χ1v) is 13.5. The topological polar surface area (TPSA) is 119 Å². The summed E-state index contributed by atoms with van der Waals surface area (Å²) < 4.78 is 38.4. The summed E-state index contributed by atoms with van der Waals surface area (Å²) in [6.07, 6.45) is -1.39. The molecule has 1 aliphatic rings. The van der Waals surface area contributed by atoms with E-state index in [2.05, 4.69) is 15.0 Å². The van der Waals surface area contributed by atoms with Gasteiger partial charge in [0.1, 0.15) is 11.8 Å². The highest BCUT2D eigenvalue weighted by atomic mass is 19.4. The Balaban J connectivity index is 0.000000288. The van der Waals surface area contributed by atoms with Crippen LogP contribution >= 0.6 is 0 Å². The average molecular weight is 587 g/mol. The molecule has 0 saturated carbocycles. The van der Waals surface area contributed by atoms with Crippen molar-refractivity contribution in [2.75, 3.05) is 20.1 Å². The first kappa shape index (κ1) is 32.6. The first-order chi connectivity index (χ1) is 19.9. The van der Waals surface area contributed by atoms with Crippen molar-refractivity contribution in [3.63, 3.8) is 0 Å². The maximum atomic E-state index is 13.0. The Morgan fingerprint density at radius 2 is 1.60 bits per heavy atom. The minimum atomic E-state index is -4.10. The number of aldehydes is 1. The molecule has 0 aliphatic carbocycles. The molecule has 1 aliphatic heterocycles. The molecule has 0 radical (unpaired) electrons. The van der Waals surface area contributed by atoms with Crippen molar-refractivity contribution < 1.29 is 23.1 Å². The van der Waals surface area contributed by atoms with Crippen molar-refractivity contribution in [1.82, 2.24) is 24.2 Å². The Hall–Kier alpha value is -3.87. The standard InChI is InChI=1S/C20H26N6O2.C8H7F3.C2H4O/c1-24-9-7-20(28,8-10-24)12-26-13-22-16-17(19(26)27)23-25(2)18(16)15-5-3-14(11-21)4-6-15;9-8(10,11)6-7-4-2-1-3-5-7;1-2-3/h3-6,13,28H,7-12,21H2,1-2H3;1-5H,6H2;2H,1H3. The molecule has 0 atom stereocenters. The molecule has 0 amide bonds. The van der Waals surface area contributed by atoms with Gasteiger partial charge >= 0.3 is 6.18 Å². The number of carbonyl (C=O) groups is 1. The van der Waals surface area contributed by atoms with E-state index in [0.717, 1.165) is 36.2 Å². The summed E-state index contributed by atoms with van der Waals surface area (Å²) >= 11 is 0. The van der Waals surface area contributed by atoms with Gasteiger partial charge in [0.25, 0.3) is 5.56 Å². The summed E-state index contributed by atoms with van der Waals surface area (Å²) in [6, 6.07) is 15.7. The van der Waals surface area contributed by atoms with Gasteiger partial charge < -0.3 is 20.5 Å². The van der Waals surface area contributed by atoms with E-state index in [1.165, 1.54) is 30.0 Å². The number of aliphatic hydroxyl groups is 1. The Morgan fingerprint density at radius 3 is 2.14 bits per heavy atom. The molecule has 2 aromatic heterocycles. The number of carbonyl (C=O) groups excluding carboxylic acids is 1. The molecule has 3 N–H and O–H groups in total. The lowest BCUT2D eigenvalue weighted by molar-refractivity contribution is -0.127. The van der Waals surface area contributed by atoms with Gasteiger partial charge in [0, 0.05) is 32.2 Å². The fourth-order valence-electron chi connectivity index (χ4n) is 4.67. The number of aromatic nitrogens is 4. The van der Waals surface area contributed by atoms with Crippen LogP contribution in [0.4, 0.5) is 13.2 Å². The number of likely N-dealkylation sites (tertiary alicyclic amines) is 1. The van der Waals surface area contributed by atoms with Crippen molar-refractivity contribution in [1.29, 1.82) is 0 Å². The van der Waals surface area contributed by atoms with Crippen molar-refractivity contribution in [3.8, 4) is 11.3 Å². The van der Waals surface area contributed by atoms with Crippen molar-refractivity contribution in [2.45, 2.75) is 51.1 Å².